The topological polar surface area (TPSA) is 78.8 Å². The summed E-state index contributed by atoms with van der Waals surface area (Å²) in [7, 11) is 0. The highest BCUT2D eigenvalue weighted by atomic mass is 35.5. The molecule has 29 heavy (non-hydrogen) atoms. The number of hydrogen-bond donors (Lipinski definition) is 1. The van der Waals surface area contributed by atoms with Gasteiger partial charge in [-0.05, 0) is 26.0 Å². The van der Waals surface area contributed by atoms with Crippen molar-refractivity contribution < 1.29 is 14.6 Å². The van der Waals surface area contributed by atoms with E-state index in [2.05, 4.69) is 28.7 Å². The van der Waals surface area contributed by atoms with Crippen LogP contribution in [0.2, 0.25) is 5.02 Å². The predicted octanol–water partition coefficient (Wildman–Crippen LogP) is 3.63. The number of aromatic nitrogens is 2. The summed E-state index contributed by atoms with van der Waals surface area (Å²) in [6, 6.07) is 5.01. The Hall–Kier alpha value is -2.54. The van der Waals surface area contributed by atoms with Crippen LogP contribution in [-0.2, 0) is 0 Å². The van der Waals surface area contributed by atoms with Crippen LogP contribution in [0.4, 0.5) is 5.82 Å². The van der Waals surface area contributed by atoms with Crippen LogP contribution in [0.5, 0.6) is 11.5 Å². The second kappa shape index (κ2) is 8.86. The van der Waals surface area contributed by atoms with E-state index < -0.39 is 0 Å². The third-order valence-corrected chi connectivity index (χ3v) is 5.13. The molecular formula is C21H27ClN4O3. The van der Waals surface area contributed by atoms with E-state index in [9.17, 15) is 9.90 Å². The first-order valence-corrected chi connectivity index (χ1v) is 10.2. The molecule has 7 nitrogen and oxygen atoms in total. The minimum absolute atomic E-state index is 0.107. The molecule has 8 heteroatoms. The quantitative estimate of drug-likeness (QED) is 0.798. The summed E-state index contributed by atoms with van der Waals surface area (Å²) in [4.78, 5) is 26.1. The fourth-order valence-corrected chi connectivity index (χ4v) is 3.49. The fourth-order valence-electron chi connectivity index (χ4n) is 3.28. The minimum Gasteiger partial charge on any atom is -0.503 e. The smallest absolute Gasteiger partial charge is 0.254 e. The maximum atomic E-state index is 12.9. The summed E-state index contributed by atoms with van der Waals surface area (Å²) in [6.45, 7) is 10.8. The second-order valence-corrected chi connectivity index (χ2v) is 7.80. The molecule has 2 heterocycles. The maximum Gasteiger partial charge on any atom is 0.254 e. The molecule has 1 aliphatic rings. The first-order chi connectivity index (χ1) is 13.8. The Morgan fingerprint density at radius 2 is 1.90 bits per heavy atom. The Balaban J connectivity index is 1.72. The lowest BCUT2D eigenvalue weighted by molar-refractivity contribution is 0.0746. The molecule has 0 radical (unpaired) electrons. The molecule has 0 atom stereocenters. The first kappa shape index (κ1) is 21.2. The molecule has 0 spiro atoms. The summed E-state index contributed by atoms with van der Waals surface area (Å²) in [5.41, 5.74) is 1.35. The Labute approximate surface area is 176 Å². The number of halogens is 1. The number of carbonyl (C=O) groups is 1. The van der Waals surface area contributed by atoms with E-state index in [1.165, 1.54) is 6.07 Å². The van der Waals surface area contributed by atoms with Gasteiger partial charge in [0.15, 0.2) is 11.5 Å². The van der Waals surface area contributed by atoms with Crippen molar-refractivity contribution in [3.8, 4) is 11.5 Å². The third-order valence-electron chi connectivity index (χ3n) is 4.84. The second-order valence-electron chi connectivity index (χ2n) is 7.40. The van der Waals surface area contributed by atoms with Crippen LogP contribution in [0.1, 0.15) is 48.6 Å². The lowest BCUT2D eigenvalue weighted by atomic mass is 10.1. The van der Waals surface area contributed by atoms with E-state index in [-0.39, 0.29) is 28.3 Å². The number of piperazine rings is 1. The van der Waals surface area contributed by atoms with Gasteiger partial charge in [-0.15, -0.1) is 0 Å². The Bertz CT molecular complexity index is 896. The highest BCUT2D eigenvalue weighted by Crippen LogP contribution is 2.35. The lowest BCUT2D eigenvalue weighted by Gasteiger charge is -2.35. The van der Waals surface area contributed by atoms with Crippen LogP contribution in [0.15, 0.2) is 18.2 Å². The number of phenols is 1. The monoisotopic (exact) mass is 418 g/mol. The molecule has 1 N–H and O–H groups in total. The normalized spacial score (nSPS) is 14.4. The molecule has 0 bridgehead atoms. The number of amides is 1. The summed E-state index contributed by atoms with van der Waals surface area (Å²) >= 11 is 6.07. The number of aryl methyl sites for hydroxylation is 1. The highest BCUT2D eigenvalue weighted by molar-refractivity contribution is 6.32. The minimum atomic E-state index is -0.144. The molecule has 2 aromatic rings. The predicted molar refractivity (Wildman–Crippen MR) is 113 cm³/mol. The molecule has 0 unspecified atom stereocenters. The lowest BCUT2D eigenvalue weighted by Crippen LogP contribution is -2.49. The van der Waals surface area contributed by atoms with E-state index >= 15 is 0 Å². The molecule has 156 valence electrons. The molecule has 1 aromatic heterocycles. The van der Waals surface area contributed by atoms with Gasteiger partial charge in [-0.2, -0.15) is 0 Å². The van der Waals surface area contributed by atoms with Crippen LogP contribution < -0.4 is 9.64 Å². The van der Waals surface area contributed by atoms with Gasteiger partial charge in [-0.3, -0.25) is 4.79 Å². The molecule has 0 aliphatic carbocycles. The number of carbonyl (C=O) groups excluding carboxylic acids is 1. The average Bonchev–Trinajstić information content (AvgIpc) is 2.70. The average molecular weight is 419 g/mol. The molecule has 0 saturated carbocycles. The first-order valence-electron chi connectivity index (χ1n) is 9.85. The van der Waals surface area contributed by atoms with Gasteiger partial charge in [0.2, 0.25) is 0 Å². The van der Waals surface area contributed by atoms with Crippen molar-refractivity contribution in [1.29, 1.82) is 0 Å². The van der Waals surface area contributed by atoms with Gasteiger partial charge in [0, 0.05) is 49.4 Å². The van der Waals surface area contributed by atoms with E-state index in [1.807, 2.05) is 13.0 Å². The summed E-state index contributed by atoms with van der Waals surface area (Å²) in [5.74, 6) is 1.94. The number of ether oxygens (including phenoxy) is 1. The third kappa shape index (κ3) is 4.72. The van der Waals surface area contributed by atoms with Gasteiger partial charge < -0.3 is 19.6 Å². The highest BCUT2D eigenvalue weighted by Gasteiger charge is 2.25. The van der Waals surface area contributed by atoms with Crippen molar-refractivity contribution >= 4 is 23.3 Å². The Kier molecular flexibility index (Phi) is 6.47. The van der Waals surface area contributed by atoms with Crippen LogP contribution in [-0.4, -0.2) is 58.7 Å². The SMILES string of the molecule is CCOc1cc(C(=O)N2CCN(c3cc(C)nc(C(C)C)n3)CC2)cc(Cl)c1O. The molecule has 1 saturated heterocycles. The van der Waals surface area contributed by atoms with Gasteiger partial charge in [-0.25, -0.2) is 9.97 Å². The largest absolute Gasteiger partial charge is 0.503 e. The zero-order valence-corrected chi connectivity index (χ0v) is 18.0. The van der Waals surface area contributed by atoms with Crippen molar-refractivity contribution in [3.05, 3.63) is 40.3 Å². The summed E-state index contributed by atoms with van der Waals surface area (Å²) in [5, 5.41) is 10.1. The van der Waals surface area contributed by atoms with E-state index in [0.717, 1.165) is 17.3 Å². The summed E-state index contributed by atoms with van der Waals surface area (Å²) in [6.07, 6.45) is 0. The fraction of sp³-hybridized carbons (Fsp3) is 0.476. The van der Waals surface area contributed by atoms with Crippen LogP contribution in [0.3, 0.4) is 0 Å². The van der Waals surface area contributed by atoms with Crippen LogP contribution in [0, 0.1) is 6.92 Å². The van der Waals surface area contributed by atoms with E-state index in [0.29, 0.717) is 38.3 Å². The number of rotatable bonds is 5. The number of anilines is 1. The van der Waals surface area contributed by atoms with Gasteiger partial charge in [-0.1, -0.05) is 25.4 Å². The number of hydrogen-bond acceptors (Lipinski definition) is 6. The van der Waals surface area contributed by atoms with Gasteiger partial charge >= 0.3 is 0 Å². The van der Waals surface area contributed by atoms with E-state index in [1.54, 1.807) is 17.9 Å². The standard InChI is InChI=1S/C21H27ClN4O3/c1-5-29-17-12-15(11-16(22)19(17)27)21(28)26-8-6-25(7-9-26)18-10-14(4)23-20(24-18)13(2)3/h10-13,27H,5-9H2,1-4H3. The molecular weight excluding hydrogens is 392 g/mol. The van der Waals surface area contributed by atoms with Crippen molar-refractivity contribution in [2.75, 3.05) is 37.7 Å². The Morgan fingerprint density at radius 1 is 1.21 bits per heavy atom. The molecule has 3 rings (SSSR count). The number of nitrogens with zero attached hydrogens (tertiary/aromatic N) is 4. The maximum absolute atomic E-state index is 12.9. The molecule has 1 aliphatic heterocycles. The number of phenolic OH excluding ortho intramolecular Hbond substituents is 1. The van der Waals surface area contributed by atoms with E-state index in [4.69, 9.17) is 16.3 Å². The zero-order chi connectivity index (χ0) is 21.1. The molecule has 1 aromatic carbocycles. The van der Waals surface area contributed by atoms with Crippen molar-refractivity contribution in [2.24, 2.45) is 0 Å². The summed E-state index contributed by atoms with van der Waals surface area (Å²) < 4.78 is 5.38. The van der Waals surface area contributed by atoms with Crippen molar-refractivity contribution in [2.45, 2.75) is 33.6 Å². The number of aromatic hydroxyl groups is 1. The molecule has 1 amide bonds. The van der Waals surface area contributed by atoms with Gasteiger partial charge in [0.25, 0.3) is 5.91 Å². The van der Waals surface area contributed by atoms with Crippen molar-refractivity contribution in [1.82, 2.24) is 14.9 Å². The van der Waals surface area contributed by atoms with Gasteiger partial charge in [0.1, 0.15) is 11.6 Å². The zero-order valence-electron chi connectivity index (χ0n) is 17.3. The number of benzene rings is 1. The Morgan fingerprint density at radius 3 is 2.52 bits per heavy atom. The van der Waals surface area contributed by atoms with Crippen molar-refractivity contribution in [3.63, 3.8) is 0 Å². The van der Waals surface area contributed by atoms with Gasteiger partial charge in [0.05, 0.1) is 11.6 Å². The molecule has 1 fully saturated rings. The van der Waals surface area contributed by atoms with Crippen LogP contribution >= 0.6 is 11.6 Å². The van der Waals surface area contributed by atoms with Crippen LogP contribution in [0.25, 0.3) is 0 Å².